The Balaban J connectivity index is 2.62. The molecular formula is C12H17NO2. The maximum absolute atomic E-state index is 11.1. The summed E-state index contributed by atoms with van der Waals surface area (Å²) in [4.78, 5) is 11.1. The molecule has 0 unspecified atom stereocenters. The van der Waals surface area contributed by atoms with Crippen LogP contribution in [0.15, 0.2) is 24.3 Å². The van der Waals surface area contributed by atoms with Crippen molar-refractivity contribution in [1.82, 2.24) is 5.32 Å². The minimum Gasteiger partial charge on any atom is -0.494 e. The lowest BCUT2D eigenvalue weighted by Crippen LogP contribution is -2.18. The third-order valence-electron chi connectivity index (χ3n) is 2.17. The second-order valence-electron chi connectivity index (χ2n) is 3.21. The van der Waals surface area contributed by atoms with Crippen molar-refractivity contribution in [2.75, 3.05) is 13.7 Å². The van der Waals surface area contributed by atoms with Gasteiger partial charge in [0, 0.05) is 13.5 Å². The number of hydrogen-bond acceptors (Lipinski definition) is 2. The standard InChI is InChI=1S/C12H17NO2/c1-3-15-11-7-5-4-6-10(11)8-9-12(14)13-2/h4-7H,3,8-9H2,1-2H3,(H,13,14). The van der Waals surface area contributed by atoms with Crippen molar-refractivity contribution in [3.8, 4) is 5.75 Å². The number of ether oxygens (including phenoxy) is 1. The van der Waals surface area contributed by atoms with Crippen LogP contribution in [0.2, 0.25) is 0 Å². The predicted octanol–water partition coefficient (Wildman–Crippen LogP) is 1.76. The van der Waals surface area contributed by atoms with Gasteiger partial charge in [0.2, 0.25) is 5.91 Å². The van der Waals surface area contributed by atoms with Gasteiger partial charge in [-0.15, -0.1) is 0 Å². The van der Waals surface area contributed by atoms with Gasteiger partial charge in [0.1, 0.15) is 5.75 Å². The zero-order valence-electron chi connectivity index (χ0n) is 9.25. The quantitative estimate of drug-likeness (QED) is 0.799. The molecule has 1 rings (SSSR count). The van der Waals surface area contributed by atoms with Gasteiger partial charge in [0.05, 0.1) is 6.61 Å². The number of rotatable bonds is 5. The van der Waals surface area contributed by atoms with Gasteiger partial charge in [-0.1, -0.05) is 18.2 Å². The molecule has 1 amide bonds. The molecule has 0 radical (unpaired) electrons. The summed E-state index contributed by atoms with van der Waals surface area (Å²) in [5, 5.41) is 2.61. The molecule has 0 fully saturated rings. The molecular weight excluding hydrogens is 190 g/mol. The molecule has 82 valence electrons. The Kier molecular flexibility index (Phi) is 4.68. The van der Waals surface area contributed by atoms with Gasteiger partial charge < -0.3 is 10.1 Å². The molecule has 0 aromatic heterocycles. The summed E-state index contributed by atoms with van der Waals surface area (Å²) in [5.74, 6) is 0.935. The fraction of sp³-hybridized carbons (Fsp3) is 0.417. The summed E-state index contributed by atoms with van der Waals surface area (Å²) in [6.45, 7) is 2.60. The van der Waals surface area contributed by atoms with E-state index in [1.807, 2.05) is 31.2 Å². The highest BCUT2D eigenvalue weighted by atomic mass is 16.5. The largest absolute Gasteiger partial charge is 0.494 e. The van der Waals surface area contributed by atoms with Crippen LogP contribution in [-0.2, 0) is 11.2 Å². The van der Waals surface area contributed by atoms with Crippen molar-refractivity contribution in [2.45, 2.75) is 19.8 Å². The smallest absolute Gasteiger partial charge is 0.220 e. The van der Waals surface area contributed by atoms with E-state index >= 15 is 0 Å². The van der Waals surface area contributed by atoms with E-state index in [9.17, 15) is 4.79 Å². The molecule has 0 saturated carbocycles. The fourth-order valence-electron chi connectivity index (χ4n) is 1.38. The molecule has 15 heavy (non-hydrogen) atoms. The number of para-hydroxylation sites is 1. The van der Waals surface area contributed by atoms with Gasteiger partial charge in [-0.3, -0.25) is 4.79 Å². The highest BCUT2D eigenvalue weighted by Crippen LogP contribution is 2.19. The molecule has 0 aliphatic rings. The van der Waals surface area contributed by atoms with Crippen molar-refractivity contribution in [2.24, 2.45) is 0 Å². The predicted molar refractivity (Wildman–Crippen MR) is 60.0 cm³/mol. The average molecular weight is 207 g/mol. The molecule has 0 saturated heterocycles. The molecule has 1 aromatic carbocycles. The van der Waals surface area contributed by atoms with Crippen LogP contribution in [0, 0.1) is 0 Å². The Morgan fingerprint density at radius 3 is 2.80 bits per heavy atom. The van der Waals surface area contributed by atoms with Gasteiger partial charge in [-0.25, -0.2) is 0 Å². The first-order valence-corrected chi connectivity index (χ1v) is 5.19. The summed E-state index contributed by atoms with van der Waals surface area (Å²) in [5.41, 5.74) is 1.09. The number of carbonyl (C=O) groups is 1. The summed E-state index contributed by atoms with van der Waals surface area (Å²) in [6.07, 6.45) is 1.22. The van der Waals surface area contributed by atoms with E-state index in [1.54, 1.807) is 7.05 Å². The van der Waals surface area contributed by atoms with Gasteiger partial charge in [0.15, 0.2) is 0 Å². The normalized spacial score (nSPS) is 9.73. The Morgan fingerprint density at radius 2 is 2.13 bits per heavy atom. The third-order valence-corrected chi connectivity index (χ3v) is 2.17. The molecule has 0 aliphatic heterocycles. The molecule has 3 heteroatoms. The number of aryl methyl sites for hydroxylation is 1. The minimum atomic E-state index is 0.0568. The molecule has 3 nitrogen and oxygen atoms in total. The van der Waals surface area contributed by atoms with Crippen molar-refractivity contribution in [1.29, 1.82) is 0 Å². The second-order valence-corrected chi connectivity index (χ2v) is 3.21. The number of amides is 1. The first kappa shape index (κ1) is 11.6. The number of benzene rings is 1. The SMILES string of the molecule is CCOc1ccccc1CCC(=O)NC. The van der Waals surface area contributed by atoms with Gasteiger partial charge >= 0.3 is 0 Å². The van der Waals surface area contributed by atoms with Crippen LogP contribution >= 0.6 is 0 Å². The highest BCUT2D eigenvalue weighted by Gasteiger charge is 2.04. The van der Waals surface area contributed by atoms with Gasteiger partial charge in [0.25, 0.3) is 0 Å². The van der Waals surface area contributed by atoms with Crippen molar-refractivity contribution in [3.63, 3.8) is 0 Å². The minimum absolute atomic E-state index is 0.0568. The maximum atomic E-state index is 11.1. The Bertz CT molecular complexity index is 323. The Morgan fingerprint density at radius 1 is 1.40 bits per heavy atom. The molecule has 0 spiro atoms. The molecule has 0 aliphatic carbocycles. The van der Waals surface area contributed by atoms with Crippen molar-refractivity contribution < 1.29 is 9.53 Å². The third kappa shape index (κ3) is 3.62. The lowest BCUT2D eigenvalue weighted by molar-refractivity contribution is -0.120. The highest BCUT2D eigenvalue weighted by molar-refractivity contribution is 5.75. The van der Waals surface area contributed by atoms with Crippen molar-refractivity contribution >= 4 is 5.91 Å². The van der Waals surface area contributed by atoms with E-state index in [-0.39, 0.29) is 5.91 Å². The molecule has 0 heterocycles. The lowest BCUT2D eigenvalue weighted by atomic mass is 10.1. The molecule has 0 atom stereocenters. The summed E-state index contributed by atoms with van der Waals surface area (Å²) in [6, 6.07) is 7.83. The summed E-state index contributed by atoms with van der Waals surface area (Å²) >= 11 is 0. The van der Waals surface area contributed by atoms with Crippen LogP contribution in [0.25, 0.3) is 0 Å². The van der Waals surface area contributed by atoms with Crippen LogP contribution in [0.3, 0.4) is 0 Å². The summed E-state index contributed by atoms with van der Waals surface area (Å²) < 4.78 is 5.47. The number of nitrogens with one attached hydrogen (secondary N) is 1. The molecule has 1 aromatic rings. The van der Waals surface area contributed by atoms with Crippen LogP contribution in [0.1, 0.15) is 18.9 Å². The van der Waals surface area contributed by atoms with Crippen LogP contribution < -0.4 is 10.1 Å². The van der Waals surface area contributed by atoms with Gasteiger partial charge in [-0.2, -0.15) is 0 Å². The first-order valence-electron chi connectivity index (χ1n) is 5.19. The number of carbonyl (C=O) groups excluding carboxylic acids is 1. The van der Waals surface area contributed by atoms with Crippen LogP contribution in [0.4, 0.5) is 0 Å². The van der Waals surface area contributed by atoms with E-state index in [0.717, 1.165) is 17.7 Å². The van der Waals surface area contributed by atoms with E-state index in [4.69, 9.17) is 4.74 Å². The number of hydrogen-bond donors (Lipinski definition) is 1. The van der Waals surface area contributed by atoms with Crippen molar-refractivity contribution in [3.05, 3.63) is 29.8 Å². The van der Waals surface area contributed by atoms with E-state index in [0.29, 0.717) is 13.0 Å². The zero-order chi connectivity index (χ0) is 11.1. The zero-order valence-corrected chi connectivity index (χ0v) is 9.25. The Hall–Kier alpha value is -1.51. The lowest BCUT2D eigenvalue weighted by Gasteiger charge is -2.09. The van der Waals surface area contributed by atoms with E-state index in [2.05, 4.69) is 5.32 Å². The second kappa shape index (κ2) is 6.06. The monoisotopic (exact) mass is 207 g/mol. The van der Waals surface area contributed by atoms with Crippen LogP contribution in [0.5, 0.6) is 5.75 Å². The van der Waals surface area contributed by atoms with E-state index in [1.165, 1.54) is 0 Å². The Labute approximate surface area is 90.4 Å². The average Bonchev–Trinajstić information content (AvgIpc) is 2.28. The topological polar surface area (TPSA) is 38.3 Å². The molecule has 1 N–H and O–H groups in total. The first-order chi connectivity index (χ1) is 7.27. The van der Waals surface area contributed by atoms with Gasteiger partial charge in [-0.05, 0) is 25.0 Å². The maximum Gasteiger partial charge on any atom is 0.220 e. The van der Waals surface area contributed by atoms with E-state index < -0.39 is 0 Å². The van der Waals surface area contributed by atoms with Crippen LogP contribution in [-0.4, -0.2) is 19.6 Å². The fourth-order valence-corrected chi connectivity index (χ4v) is 1.38. The molecule has 0 bridgehead atoms. The summed E-state index contributed by atoms with van der Waals surface area (Å²) in [7, 11) is 1.65.